The minimum atomic E-state index is -0.364. The molecule has 0 aliphatic heterocycles. The molecular formula is C15H12Cl2O2. The van der Waals surface area contributed by atoms with Gasteiger partial charge in [-0.05, 0) is 35.9 Å². The van der Waals surface area contributed by atoms with Crippen molar-refractivity contribution in [2.24, 2.45) is 0 Å². The molecule has 0 radical (unpaired) electrons. The number of carbonyl (C=O) groups excluding carboxylic acids is 1. The Labute approximate surface area is 121 Å². The van der Waals surface area contributed by atoms with E-state index < -0.39 is 0 Å². The van der Waals surface area contributed by atoms with Crippen molar-refractivity contribution >= 4 is 29.2 Å². The smallest absolute Gasteiger partial charge is 0.338 e. The summed E-state index contributed by atoms with van der Waals surface area (Å²) in [5.74, 6) is -0.364. The van der Waals surface area contributed by atoms with E-state index in [0.717, 1.165) is 5.56 Å². The maximum atomic E-state index is 11.7. The van der Waals surface area contributed by atoms with Crippen molar-refractivity contribution in [3.05, 3.63) is 69.7 Å². The highest BCUT2D eigenvalue weighted by molar-refractivity contribution is 6.31. The van der Waals surface area contributed by atoms with Gasteiger partial charge in [0.05, 0.1) is 12.2 Å². The van der Waals surface area contributed by atoms with Crippen LogP contribution < -0.4 is 0 Å². The first-order valence-electron chi connectivity index (χ1n) is 5.82. The SMILES string of the molecule is O=C(OCCc1ccc(Cl)cc1)c1cccc(Cl)c1. The van der Waals surface area contributed by atoms with E-state index in [1.165, 1.54) is 0 Å². The fourth-order valence-corrected chi connectivity index (χ4v) is 1.93. The summed E-state index contributed by atoms with van der Waals surface area (Å²) in [4.78, 5) is 11.7. The van der Waals surface area contributed by atoms with Crippen molar-refractivity contribution in [3.8, 4) is 0 Å². The molecule has 19 heavy (non-hydrogen) atoms. The first kappa shape index (κ1) is 13.9. The van der Waals surface area contributed by atoms with E-state index in [0.29, 0.717) is 28.6 Å². The number of hydrogen-bond donors (Lipinski definition) is 0. The zero-order valence-electron chi connectivity index (χ0n) is 10.1. The van der Waals surface area contributed by atoms with E-state index in [4.69, 9.17) is 27.9 Å². The van der Waals surface area contributed by atoms with Gasteiger partial charge in [0.25, 0.3) is 0 Å². The van der Waals surface area contributed by atoms with Gasteiger partial charge in [-0.15, -0.1) is 0 Å². The molecular weight excluding hydrogens is 283 g/mol. The maximum absolute atomic E-state index is 11.7. The van der Waals surface area contributed by atoms with Gasteiger partial charge in [0.1, 0.15) is 0 Å². The first-order valence-corrected chi connectivity index (χ1v) is 6.58. The zero-order valence-corrected chi connectivity index (χ0v) is 11.6. The second kappa shape index (κ2) is 6.60. The number of ether oxygens (including phenoxy) is 1. The third-order valence-corrected chi connectivity index (χ3v) is 3.08. The summed E-state index contributed by atoms with van der Waals surface area (Å²) in [5.41, 5.74) is 1.53. The lowest BCUT2D eigenvalue weighted by Crippen LogP contribution is -2.08. The number of carbonyl (C=O) groups is 1. The van der Waals surface area contributed by atoms with Gasteiger partial charge in [-0.3, -0.25) is 0 Å². The van der Waals surface area contributed by atoms with Crippen molar-refractivity contribution in [1.29, 1.82) is 0 Å². The van der Waals surface area contributed by atoms with Gasteiger partial charge in [0.2, 0.25) is 0 Å². The molecule has 0 saturated heterocycles. The third kappa shape index (κ3) is 4.27. The quantitative estimate of drug-likeness (QED) is 0.782. The second-order valence-corrected chi connectivity index (χ2v) is 4.90. The number of esters is 1. The van der Waals surface area contributed by atoms with E-state index in [1.807, 2.05) is 24.3 Å². The molecule has 2 rings (SSSR count). The van der Waals surface area contributed by atoms with Gasteiger partial charge in [-0.2, -0.15) is 0 Å². The standard InChI is InChI=1S/C15H12Cl2O2/c16-13-6-4-11(5-7-13)8-9-19-15(18)12-2-1-3-14(17)10-12/h1-7,10H,8-9H2. The number of halogens is 2. The molecule has 0 saturated carbocycles. The molecule has 98 valence electrons. The lowest BCUT2D eigenvalue weighted by molar-refractivity contribution is 0.0509. The highest BCUT2D eigenvalue weighted by Crippen LogP contribution is 2.13. The molecule has 0 aliphatic carbocycles. The Hall–Kier alpha value is -1.51. The van der Waals surface area contributed by atoms with E-state index in [2.05, 4.69) is 0 Å². The Kier molecular flexibility index (Phi) is 4.83. The molecule has 2 aromatic rings. The van der Waals surface area contributed by atoms with E-state index in [9.17, 15) is 4.79 Å². The van der Waals surface area contributed by atoms with Gasteiger partial charge < -0.3 is 4.74 Å². The fraction of sp³-hybridized carbons (Fsp3) is 0.133. The van der Waals surface area contributed by atoms with Gasteiger partial charge in [0.15, 0.2) is 0 Å². The zero-order chi connectivity index (χ0) is 13.7. The number of hydrogen-bond acceptors (Lipinski definition) is 2. The summed E-state index contributed by atoms with van der Waals surface area (Å²) in [6.45, 7) is 0.326. The Bertz CT molecular complexity index is 565. The minimum Gasteiger partial charge on any atom is -0.462 e. The van der Waals surface area contributed by atoms with Crippen LogP contribution in [0.25, 0.3) is 0 Å². The predicted molar refractivity (Wildman–Crippen MR) is 76.9 cm³/mol. The molecule has 0 aromatic heterocycles. The molecule has 0 atom stereocenters. The topological polar surface area (TPSA) is 26.3 Å². The normalized spacial score (nSPS) is 10.2. The predicted octanol–water partition coefficient (Wildman–Crippen LogP) is 4.39. The van der Waals surface area contributed by atoms with E-state index >= 15 is 0 Å². The number of benzene rings is 2. The molecule has 4 heteroatoms. The summed E-state index contributed by atoms with van der Waals surface area (Å²) in [6.07, 6.45) is 0.656. The van der Waals surface area contributed by atoms with Crippen LogP contribution in [-0.4, -0.2) is 12.6 Å². The van der Waals surface area contributed by atoms with Crippen LogP contribution in [0.3, 0.4) is 0 Å². The maximum Gasteiger partial charge on any atom is 0.338 e. The fourth-order valence-electron chi connectivity index (χ4n) is 1.61. The van der Waals surface area contributed by atoms with Crippen LogP contribution in [0, 0.1) is 0 Å². The lowest BCUT2D eigenvalue weighted by atomic mass is 10.2. The minimum absolute atomic E-state index is 0.326. The first-order chi connectivity index (χ1) is 9.15. The Balaban J connectivity index is 1.86. The number of rotatable bonds is 4. The van der Waals surface area contributed by atoms with Crippen LogP contribution in [0.1, 0.15) is 15.9 Å². The summed E-state index contributed by atoms with van der Waals surface area (Å²) in [5, 5.41) is 1.21. The van der Waals surface area contributed by atoms with Crippen LogP contribution in [0.4, 0.5) is 0 Å². The van der Waals surface area contributed by atoms with Crippen molar-refractivity contribution in [2.45, 2.75) is 6.42 Å². The lowest BCUT2D eigenvalue weighted by Gasteiger charge is -2.05. The Morgan fingerprint density at radius 2 is 1.74 bits per heavy atom. The van der Waals surface area contributed by atoms with Crippen molar-refractivity contribution in [2.75, 3.05) is 6.61 Å². The molecule has 0 aliphatic rings. The van der Waals surface area contributed by atoms with Gasteiger partial charge in [-0.25, -0.2) is 4.79 Å². The van der Waals surface area contributed by atoms with Crippen LogP contribution >= 0.6 is 23.2 Å². The Morgan fingerprint density at radius 3 is 2.42 bits per heavy atom. The summed E-state index contributed by atoms with van der Waals surface area (Å²) in [7, 11) is 0. The van der Waals surface area contributed by atoms with Crippen LogP contribution in [0.5, 0.6) is 0 Å². The second-order valence-electron chi connectivity index (χ2n) is 4.02. The van der Waals surface area contributed by atoms with Crippen molar-refractivity contribution < 1.29 is 9.53 Å². The summed E-state index contributed by atoms with van der Waals surface area (Å²) in [6, 6.07) is 14.2. The molecule has 0 heterocycles. The van der Waals surface area contributed by atoms with Gasteiger partial charge in [-0.1, -0.05) is 41.4 Å². The largest absolute Gasteiger partial charge is 0.462 e. The van der Waals surface area contributed by atoms with Gasteiger partial charge >= 0.3 is 5.97 Å². The monoisotopic (exact) mass is 294 g/mol. The molecule has 0 fully saturated rings. The van der Waals surface area contributed by atoms with E-state index in [1.54, 1.807) is 24.3 Å². The summed E-state index contributed by atoms with van der Waals surface area (Å²) >= 11 is 11.6. The molecule has 0 N–H and O–H groups in total. The Morgan fingerprint density at radius 1 is 1.00 bits per heavy atom. The average Bonchev–Trinajstić information content (AvgIpc) is 2.41. The molecule has 0 unspecified atom stereocenters. The van der Waals surface area contributed by atoms with Crippen LogP contribution in [0.2, 0.25) is 10.0 Å². The van der Waals surface area contributed by atoms with Crippen LogP contribution in [-0.2, 0) is 11.2 Å². The molecule has 2 aromatic carbocycles. The molecule has 0 amide bonds. The molecule has 0 bridgehead atoms. The van der Waals surface area contributed by atoms with Crippen LogP contribution in [0.15, 0.2) is 48.5 Å². The van der Waals surface area contributed by atoms with E-state index in [-0.39, 0.29) is 5.97 Å². The highest BCUT2D eigenvalue weighted by atomic mass is 35.5. The molecule has 2 nitrogen and oxygen atoms in total. The average molecular weight is 295 g/mol. The molecule has 0 spiro atoms. The highest BCUT2D eigenvalue weighted by Gasteiger charge is 2.07. The van der Waals surface area contributed by atoms with Crippen molar-refractivity contribution in [1.82, 2.24) is 0 Å². The third-order valence-electron chi connectivity index (χ3n) is 2.60. The van der Waals surface area contributed by atoms with Gasteiger partial charge in [0, 0.05) is 16.5 Å². The summed E-state index contributed by atoms with van der Waals surface area (Å²) < 4.78 is 5.19. The van der Waals surface area contributed by atoms with Crippen molar-refractivity contribution in [3.63, 3.8) is 0 Å².